The molecular weight excluding hydrogens is 320 g/mol. The van der Waals surface area contributed by atoms with E-state index >= 15 is 0 Å². The van der Waals surface area contributed by atoms with E-state index in [4.69, 9.17) is 0 Å². The number of fused-ring (bicyclic) bond motifs is 1. The van der Waals surface area contributed by atoms with E-state index in [9.17, 15) is 5.11 Å². The standard InChI is InChI=1S/C23H26N2O/c1-17(24-21-9-6-19-4-2-3-5-20(19)16-21)18-7-10-22(11-8-18)25-14-12-23(26)13-15-25/h2-11,16-17,23-24,26H,12-15H2,1H3. The summed E-state index contributed by atoms with van der Waals surface area (Å²) in [5.41, 5.74) is 3.67. The van der Waals surface area contributed by atoms with Crippen LogP contribution in [0.2, 0.25) is 0 Å². The van der Waals surface area contributed by atoms with E-state index in [2.05, 4.69) is 83.9 Å². The Labute approximate surface area is 155 Å². The Morgan fingerprint density at radius 2 is 1.62 bits per heavy atom. The first kappa shape index (κ1) is 16.9. The number of aliphatic hydroxyl groups is 1. The topological polar surface area (TPSA) is 35.5 Å². The Balaban J connectivity index is 1.44. The van der Waals surface area contributed by atoms with Crippen LogP contribution < -0.4 is 10.2 Å². The molecule has 1 fully saturated rings. The number of benzene rings is 3. The quantitative estimate of drug-likeness (QED) is 0.700. The van der Waals surface area contributed by atoms with Gasteiger partial charge < -0.3 is 15.3 Å². The van der Waals surface area contributed by atoms with Gasteiger partial charge in [-0.2, -0.15) is 0 Å². The van der Waals surface area contributed by atoms with Gasteiger partial charge in [-0.1, -0.05) is 42.5 Å². The van der Waals surface area contributed by atoms with Crippen LogP contribution in [0.4, 0.5) is 11.4 Å². The summed E-state index contributed by atoms with van der Waals surface area (Å²) in [6, 6.07) is 24.0. The van der Waals surface area contributed by atoms with Crippen LogP contribution in [-0.2, 0) is 0 Å². The highest BCUT2D eigenvalue weighted by Gasteiger charge is 2.17. The van der Waals surface area contributed by atoms with Crippen LogP contribution in [0.5, 0.6) is 0 Å². The van der Waals surface area contributed by atoms with Crippen LogP contribution in [-0.4, -0.2) is 24.3 Å². The SMILES string of the molecule is CC(Nc1ccc2ccccc2c1)c1ccc(N2CCC(O)CC2)cc1. The van der Waals surface area contributed by atoms with Crippen molar-refractivity contribution in [1.29, 1.82) is 0 Å². The van der Waals surface area contributed by atoms with Crippen molar-refractivity contribution in [3.8, 4) is 0 Å². The maximum absolute atomic E-state index is 9.66. The summed E-state index contributed by atoms with van der Waals surface area (Å²) in [4.78, 5) is 2.36. The van der Waals surface area contributed by atoms with Gasteiger partial charge in [0.15, 0.2) is 0 Å². The number of anilines is 2. The van der Waals surface area contributed by atoms with E-state index in [1.54, 1.807) is 0 Å². The third kappa shape index (κ3) is 3.68. The average Bonchev–Trinajstić information content (AvgIpc) is 2.68. The van der Waals surface area contributed by atoms with Gasteiger partial charge in [0.2, 0.25) is 0 Å². The number of nitrogens with zero attached hydrogens (tertiary/aromatic N) is 1. The Bertz CT molecular complexity index is 867. The first-order valence-corrected chi connectivity index (χ1v) is 9.47. The molecule has 0 spiro atoms. The largest absolute Gasteiger partial charge is 0.393 e. The predicted molar refractivity (Wildman–Crippen MR) is 110 cm³/mol. The van der Waals surface area contributed by atoms with E-state index in [1.165, 1.54) is 22.0 Å². The minimum absolute atomic E-state index is 0.128. The molecule has 1 aliphatic heterocycles. The highest BCUT2D eigenvalue weighted by molar-refractivity contribution is 5.85. The lowest BCUT2D eigenvalue weighted by Gasteiger charge is -2.31. The molecule has 0 bridgehead atoms. The maximum Gasteiger partial charge on any atom is 0.0574 e. The molecular formula is C23H26N2O. The lowest BCUT2D eigenvalue weighted by atomic mass is 10.0. The second kappa shape index (κ2) is 7.38. The molecule has 26 heavy (non-hydrogen) atoms. The fourth-order valence-electron chi connectivity index (χ4n) is 3.71. The Morgan fingerprint density at radius 1 is 0.923 bits per heavy atom. The molecule has 3 aromatic rings. The molecule has 1 heterocycles. The Kier molecular flexibility index (Phi) is 4.81. The summed E-state index contributed by atoms with van der Waals surface area (Å²) < 4.78 is 0. The van der Waals surface area contributed by atoms with Crippen LogP contribution in [0.15, 0.2) is 66.7 Å². The van der Waals surface area contributed by atoms with Crippen LogP contribution in [0, 0.1) is 0 Å². The summed E-state index contributed by atoms with van der Waals surface area (Å²) in [5, 5.41) is 15.8. The number of piperidine rings is 1. The molecule has 1 saturated heterocycles. The summed E-state index contributed by atoms with van der Waals surface area (Å²) in [7, 11) is 0. The normalized spacial score (nSPS) is 16.6. The van der Waals surface area contributed by atoms with Crippen molar-refractivity contribution in [1.82, 2.24) is 0 Å². The smallest absolute Gasteiger partial charge is 0.0574 e. The second-order valence-electron chi connectivity index (χ2n) is 7.24. The molecule has 3 nitrogen and oxygen atoms in total. The van der Waals surface area contributed by atoms with Crippen molar-refractivity contribution in [3.63, 3.8) is 0 Å². The van der Waals surface area contributed by atoms with Gasteiger partial charge in [-0.3, -0.25) is 0 Å². The molecule has 4 rings (SSSR count). The fraction of sp³-hybridized carbons (Fsp3) is 0.304. The first-order chi connectivity index (χ1) is 12.7. The molecule has 3 heteroatoms. The Morgan fingerprint density at radius 3 is 2.35 bits per heavy atom. The highest BCUT2D eigenvalue weighted by Crippen LogP contribution is 2.26. The van der Waals surface area contributed by atoms with E-state index in [0.717, 1.165) is 31.6 Å². The van der Waals surface area contributed by atoms with E-state index in [-0.39, 0.29) is 12.1 Å². The second-order valence-corrected chi connectivity index (χ2v) is 7.24. The van der Waals surface area contributed by atoms with Crippen molar-refractivity contribution in [3.05, 3.63) is 72.3 Å². The number of rotatable bonds is 4. The molecule has 0 aliphatic carbocycles. The van der Waals surface area contributed by atoms with Crippen LogP contribution in [0.25, 0.3) is 10.8 Å². The van der Waals surface area contributed by atoms with Crippen molar-refractivity contribution in [2.75, 3.05) is 23.3 Å². The van der Waals surface area contributed by atoms with Crippen molar-refractivity contribution >= 4 is 22.1 Å². The zero-order valence-electron chi connectivity index (χ0n) is 15.2. The Hall–Kier alpha value is -2.52. The fourth-order valence-corrected chi connectivity index (χ4v) is 3.71. The monoisotopic (exact) mass is 346 g/mol. The molecule has 2 N–H and O–H groups in total. The van der Waals surface area contributed by atoms with Gasteiger partial charge in [0.25, 0.3) is 0 Å². The average molecular weight is 346 g/mol. The molecule has 1 unspecified atom stereocenters. The van der Waals surface area contributed by atoms with Crippen LogP contribution in [0.3, 0.4) is 0 Å². The molecule has 0 radical (unpaired) electrons. The minimum Gasteiger partial charge on any atom is -0.393 e. The van der Waals surface area contributed by atoms with E-state index < -0.39 is 0 Å². The maximum atomic E-state index is 9.66. The zero-order chi connectivity index (χ0) is 17.9. The highest BCUT2D eigenvalue weighted by atomic mass is 16.3. The van der Waals surface area contributed by atoms with Gasteiger partial charge in [-0.15, -0.1) is 0 Å². The van der Waals surface area contributed by atoms with Gasteiger partial charge in [-0.25, -0.2) is 0 Å². The van der Waals surface area contributed by atoms with Crippen LogP contribution >= 0.6 is 0 Å². The van der Waals surface area contributed by atoms with Crippen LogP contribution in [0.1, 0.15) is 31.4 Å². The number of hydrogen-bond donors (Lipinski definition) is 2. The molecule has 1 atom stereocenters. The summed E-state index contributed by atoms with van der Waals surface area (Å²) >= 11 is 0. The van der Waals surface area contributed by atoms with Crippen molar-refractivity contribution < 1.29 is 5.11 Å². The van der Waals surface area contributed by atoms with Crippen molar-refractivity contribution in [2.24, 2.45) is 0 Å². The molecule has 0 saturated carbocycles. The first-order valence-electron chi connectivity index (χ1n) is 9.47. The van der Waals surface area contributed by atoms with Crippen molar-refractivity contribution in [2.45, 2.75) is 31.9 Å². The minimum atomic E-state index is -0.128. The van der Waals surface area contributed by atoms with Gasteiger partial charge in [0.05, 0.1) is 6.10 Å². The van der Waals surface area contributed by atoms with Gasteiger partial charge in [0.1, 0.15) is 0 Å². The lowest BCUT2D eigenvalue weighted by Crippen LogP contribution is -2.35. The molecule has 1 aliphatic rings. The number of hydrogen-bond acceptors (Lipinski definition) is 3. The van der Waals surface area contributed by atoms with Gasteiger partial charge in [-0.05, 0) is 60.4 Å². The van der Waals surface area contributed by atoms with E-state index in [1.807, 2.05) is 0 Å². The molecule has 3 aromatic carbocycles. The van der Waals surface area contributed by atoms with E-state index in [0.29, 0.717) is 0 Å². The van der Waals surface area contributed by atoms with Gasteiger partial charge in [0, 0.05) is 30.5 Å². The summed E-state index contributed by atoms with van der Waals surface area (Å²) in [6.07, 6.45) is 1.60. The number of nitrogens with one attached hydrogen (secondary N) is 1. The lowest BCUT2D eigenvalue weighted by molar-refractivity contribution is 0.145. The molecule has 0 aromatic heterocycles. The summed E-state index contributed by atoms with van der Waals surface area (Å²) in [5.74, 6) is 0. The zero-order valence-corrected chi connectivity index (χ0v) is 15.2. The predicted octanol–water partition coefficient (Wildman–Crippen LogP) is 4.97. The third-order valence-corrected chi connectivity index (χ3v) is 5.36. The number of aliphatic hydroxyl groups excluding tert-OH is 1. The van der Waals surface area contributed by atoms with Gasteiger partial charge >= 0.3 is 0 Å². The third-order valence-electron chi connectivity index (χ3n) is 5.36. The summed E-state index contributed by atoms with van der Waals surface area (Å²) in [6.45, 7) is 4.07. The molecule has 134 valence electrons. The molecule has 0 amide bonds.